The Morgan fingerprint density at radius 3 is 1.71 bits per heavy atom. The Balaban J connectivity index is 3.35. The molecule has 0 aliphatic rings. The third-order valence-electron chi connectivity index (χ3n) is 1.77. The average molecular weight is 199 g/mol. The molecule has 0 N–H and O–H groups in total. The van der Waals surface area contributed by atoms with Gasteiger partial charge in [0.2, 0.25) is 0 Å². The SMILES string of the molecule is CC(C)n1c([N+](=O)[O-])ccc1[N+](=O)[O-]. The zero-order valence-electron chi connectivity index (χ0n) is 7.71. The normalized spacial score (nSPS) is 10.5. The molecule has 1 aromatic heterocycles. The van der Waals surface area contributed by atoms with Crippen molar-refractivity contribution in [3.63, 3.8) is 0 Å². The molecule has 14 heavy (non-hydrogen) atoms. The summed E-state index contributed by atoms with van der Waals surface area (Å²) in [5.41, 5.74) is 0. The minimum atomic E-state index is -0.632. The molecule has 7 nitrogen and oxygen atoms in total. The lowest BCUT2D eigenvalue weighted by Crippen LogP contribution is -2.08. The first kappa shape index (κ1) is 10.2. The molecule has 0 saturated carbocycles. The van der Waals surface area contributed by atoms with E-state index >= 15 is 0 Å². The molecule has 0 spiro atoms. The Labute approximate surface area is 79.3 Å². The summed E-state index contributed by atoms with van der Waals surface area (Å²) in [6.45, 7) is 3.31. The predicted molar refractivity (Wildman–Crippen MR) is 48.1 cm³/mol. The van der Waals surface area contributed by atoms with Gasteiger partial charge in [-0.1, -0.05) is 0 Å². The van der Waals surface area contributed by atoms with Crippen LogP contribution in [0.3, 0.4) is 0 Å². The van der Waals surface area contributed by atoms with Crippen molar-refractivity contribution in [1.82, 2.24) is 4.57 Å². The van der Waals surface area contributed by atoms with Crippen molar-refractivity contribution < 1.29 is 9.85 Å². The first-order valence-electron chi connectivity index (χ1n) is 3.95. The average Bonchev–Trinajstić information content (AvgIpc) is 2.46. The van der Waals surface area contributed by atoms with Crippen LogP contribution in [0, 0.1) is 20.2 Å². The van der Waals surface area contributed by atoms with Crippen molar-refractivity contribution in [3.8, 4) is 0 Å². The van der Waals surface area contributed by atoms with E-state index in [2.05, 4.69) is 0 Å². The van der Waals surface area contributed by atoms with Crippen molar-refractivity contribution in [2.75, 3.05) is 0 Å². The summed E-state index contributed by atoms with van der Waals surface area (Å²) in [4.78, 5) is 19.8. The summed E-state index contributed by atoms with van der Waals surface area (Å²) in [5.74, 6) is -0.515. The van der Waals surface area contributed by atoms with E-state index in [1.54, 1.807) is 13.8 Å². The fourth-order valence-corrected chi connectivity index (χ4v) is 1.25. The number of hydrogen-bond donors (Lipinski definition) is 0. The summed E-state index contributed by atoms with van der Waals surface area (Å²) in [7, 11) is 0. The summed E-state index contributed by atoms with van der Waals surface area (Å²) in [5, 5.41) is 21.0. The molecule has 0 radical (unpaired) electrons. The standard InChI is InChI=1S/C7H9N3O4/c1-5(2)8-6(9(11)12)3-4-7(8)10(13)14/h3-5H,1-2H3. The molecule has 0 aliphatic heterocycles. The zero-order valence-corrected chi connectivity index (χ0v) is 7.71. The molecule has 0 aromatic carbocycles. The van der Waals surface area contributed by atoms with Gasteiger partial charge in [0.05, 0.1) is 6.04 Å². The minimum Gasteiger partial charge on any atom is -0.358 e. The lowest BCUT2D eigenvalue weighted by Gasteiger charge is -2.06. The summed E-state index contributed by atoms with van der Waals surface area (Å²) >= 11 is 0. The van der Waals surface area contributed by atoms with E-state index < -0.39 is 9.85 Å². The quantitative estimate of drug-likeness (QED) is 0.548. The lowest BCUT2D eigenvalue weighted by atomic mass is 10.4. The molecule has 0 fully saturated rings. The molecular weight excluding hydrogens is 190 g/mol. The van der Waals surface area contributed by atoms with E-state index in [0.717, 1.165) is 16.7 Å². The van der Waals surface area contributed by atoms with Crippen molar-refractivity contribution in [1.29, 1.82) is 0 Å². The van der Waals surface area contributed by atoms with Crippen molar-refractivity contribution in [2.45, 2.75) is 19.9 Å². The van der Waals surface area contributed by atoms with E-state index in [4.69, 9.17) is 0 Å². The molecule has 0 atom stereocenters. The highest BCUT2D eigenvalue weighted by atomic mass is 16.6. The summed E-state index contributed by atoms with van der Waals surface area (Å²) < 4.78 is 1.08. The first-order chi connectivity index (χ1) is 6.45. The third-order valence-corrected chi connectivity index (χ3v) is 1.77. The highest BCUT2D eigenvalue weighted by molar-refractivity contribution is 5.36. The minimum absolute atomic E-state index is 0.258. The van der Waals surface area contributed by atoms with Crippen LogP contribution >= 0.6 is 0 Å². The van der Waals surface area contributed by atoms with Crippen LogP contribution < -0.4 is 0 Å². The maximum absolute atomic E-state index is 10.5. The van der Waals surface area contributed by atoms with Crippen LogP contribution in [-0.2, 0) is 0 Å². The molecular formula is C7H9N3O4. The van der Waals surface area contributed by atoms with Crippen molar-refractivity contribution in [3.05, 3.63) is 32.4 Å². The molecule has 1 heterocycles. The third kappa shape index (κ3) is 1.56. The van der Waals surface area contributed by atoms with Gasteiger partial charge in [0.1, 0.15) is 0 Å². The molecule has 0 bridgehead atoms. The predicted octanol–water partition coefficient (Wildman–Crippen LogP) is 1.89. The Bertz CT molecular complexity index is 351. The molecule has 0 aliphatic carbocycles. The van der Waals surface area contributed by atoms with E-state index in [9.17, 15) is 20.2 Å². The molecule has 0 amide bonds. The number of nitro groups is 2. The molecule has 1 aromatic rings. The van der Waals surface area contributed by atoms with Gasteiger partial charge in [-0.3, -0.25) is 0 Å². The first-order valence-corrected chi connectivity index (χ1v) is 3.95. The Morgan fingerprint density at radius 2 is 1.50 bits per heavy atom. The zero-order chi connectivity index (χ0) is 10.9. The topological polar surface area (TPSA) is 91.2 Å². The van der Waals surface area contributed by atoms with Crippen LogP contribution in [0.5, 0.6) is 0 Å². The van der Waals surface area contributed by atoms with Gasteiger partial charge in [-0.2, -0.15) is 4.57 Å². The molecule has 76 valence electrons. The second-order valence-electron chi connectivity index (χ2n) is 3.03. The summed E-state index contributed by atoms with van der Waals surface area (Å²) in [6.07, 6.45) is 0. The van der Waals surface area contributed by atoms with E-state index in [1.165, 1.54) is 0 Å². The monoisotopic (exact) mass is 199 g/mol. The molecule has 0 saturated heterocycles. The molecule has 1 rings (SSSR count). The van der Waals surface area contributed by atoms with Crippen molar-refractivity contribution >= 4 is 11.6 Å². The van der Waals surface area contributed by atoms with Crippen LogP contribution in [0.2, 0.25) is 0 Å². The second kappa shape index (κ2) is 3.44. The van der Waals surface area contributed by atoms with Crippen LogP contribution in [0.1, 0.15) is 19.9 Å². The number of rotatable bonds is 3. The second-order valence-corrected chi connectivity index (χ2v) is 3.03. The van der Waals surface area contributed by atoms with Gasteiger partial charge >= 0.3 is 11.6 Å². The van der Waals surface area contributed by atoms with E-state index in [1.807, 2.05) is 0 Å². The van der Waals surface area contributed by atoms with Gasteiger partial charge in [-0.05, 0) is 23.7 Å². The van der Waals surface area contributed by atoms with Gasteiger partial charge in [0.15, 0.2) is 0 Å². The highest BCUT2D eigenvalue weighted by Crippen LogP contribution is 2.27. The smallest absolute Gasteiger partial charge is 0.326 e. The molecule has 0 unspecified atom stereocenters. The Morgan fingerprint density at radius 1 is 1.14 bits per heavy atom. The van der Waals surface area contributed by atoms with Gasteiger partial charge < -0.3 is 20.2 Å². The van der Waals surface area contributed by atoms with Gasteiger partial charge in [0.25, 0.3) is 0 Å². The van der Waals surface area contributed by atoms with Gasteiger partial charge in [0, 0.05) is 12.1 Å². The fraction of sp³-hybridized carbons (Fsp3) is 0.429. The highest BCUT2D eigenvalue weighted by Gasteiger charge is 2.24. The number of hydrogen-bond acceptors (Lipinski definition) is 4. The Hall–Kier alpha value is -1.92. The maximum Gasteiger partial charge on any atom is 0.326 e. The van der Waals surface area contributed by atoms with E-state index in [-0.39, 0.29) is 17.7 Å². The maximum atomic E-state index is 10.5. The lowest BCUT2D eigenvalue weighted by molar-refractivity contribution is -0.406. The number of aromatic nitrogens is 1. The van der Waals surface area contributed by atoms with Crippen LogP contribution in [0.25, 0.3) is 0 Å². The fourth-order valence-electron chi connectivity index (χ4n) is 1.25. The van der Waals surface area contributed by atoms with Gasteiger partial charge in [-0.25, -0.2) is 0 Å². The number of nitrogens with zero attached hydrogens (tertiary/aromatic N) is 3. The van der Waals surface area contributed by atoms with Crippen molar-refractivity contribution in [2.24, 2.45) is 0 Å². The van der Waals surface area contributed by atoms with Gasteiger partial charge in [-0.15, -0.1) is 0 Å². The van der Waals surface area contributed by atoms with Crippen LogP contribution in [0.15, 0.2) is 12.1 Å². The van der Waals surface area contributed by atoms with Crippen LogP contribution in [-0.4, -0.2) is 14.4 Å². The van der Waals surface area contributed by atoms with E-state index in [0.29, 0.717) is 0 Å². The summed E-state index contributed by atoms with van der Waals surface area (Å²) in [6, 6.07) is 1.96. The largest absolute Gasteiger partial charge is 0.358 e. The van der Waals surface area contributed by atoms with Crippen LogP contribution in [0.4, 0.5) is 11.6 Å². The molecule has 7 heteroatoms. The Kier molecular flexibility index (Phi) is 2.50.